The van der Waals surface area contributed by atoms with Gasteiger partial charge in [0.15, 0.2) is 11.9 Å². The predicted molar refractivity (Wildman–Crippen MR) is 251 cm³/mol. The Morgan fingerprint density at radius 1 is 1.09 bits per heavy atom. The number of hydrogen-bond acceptors (Lipinski definition) is 15. The minimum atomic E-state index is -1.45. The summed E-state index contributed by atoms with van der Waals surface area (Å²) in [7, 11) is 3.41. The topological polar surface area (TPSA) is 194 Å². The van der Waals surface area contributed by atoms with E-state index in [1.165, 1.54) is 7.11 Å². The Morgan fingerprint density at radius 2 is 1.84 bits per heavy atom. The van der Waals surface area contributed by atoms with E-state index in [1.54, 1.807) is 82.1 Å². The fourth-order valence-electron chi connectivity index (χ4n) is 10.8. The number of rotatable bonds is 16. The lowest BCUT2D eigenvalue weighted by Gasteiger charge is -2.48. The number of nitrogens with zero attached hydrogens (tertiary/aromatic N) is 5. The van der Waals surface area contributed by atoms with Gasteiger partial charge in [-0.2, -0.15) is 0 Å². The molecule has 3 fully saturated rings. The predicted octanol–water partition coefficient (Wildman–Crippen LogP) is 6.66. The van der Waals surface area contributed by atoms with Gasteiger partial charge in [-0.25, -0.2) is 9.78 Å². The maximum absolute atomic E-state index is 15.1. The van der Waals surface area contributed by atoms with Crippen LogP contribution in [-0.2, 0) is 55.8 Å². The van der Waals surface area contributed by atoms with Crippen LogP contribution in [0.15, 0.2) is 72.7 Å². The Hall–Kier alpha value is -4.94. The van der Waals surface area contributed by atoms with E-state index in [-0.39, 0.29) is 43.7 Å². The van der Waals surface area contributed by atoms with Gasteiger partial charge in [-0.1, -0.05) is 39.8 Å². The maximum Gasteiger partial charge on any atom is 0.410 e. The zero-order valence-electron chi connectivity index (χ0n) is 41.4. The number of imidazole rings is 1. The van der Waals surface area contributed by atoms with Crippen molar-refractivity contribution >= 4 is 23.8 Å². The van der Waals surface area contributed by atoms with Crippen LogP contribution in [0.3, 0.4) is 0 Å². The second-order valence-corrected chi connectivity index (χ2v) is 19.6. The highest BCUT2D eigenvalue weighted by atomic mass is 16.7. The fourth-order valence-corrected chi connectivity index (χ4v) is 10.8. The number of unbranched alkanes of at least 4 members (excludes halogenated alkanes) is 1. The molecule has 1 amide bonds. The van der Waals surface area contributed by atoms with Crippen LogP contribution in [0.4, 0.5) is 4.79 Å². The molecule has 0 bridgehead atoms. The van der Waals surface area contributed by atoms with Crippen molar-refractivity contribution in [3.63, 3.8) is 0 Å². The SMILES string of the molecule is C=CCN(C)[C@@H]1C[C@H](C)O[C@H](O[C@@H]2[C@@H](C)[C@H](OC(=O)Cc3cccnc3)[C@@H](C)C(=O)O[C@H](CC)[C@@]3(C)OC(=O)N(CCCCn4cnc(-c5ccoc5)c4)[C@@H]3[C@@H](C)C(=O)[C@H](C)C[C@@]2(C)OC)[C@H]1O. The number of Topliss-reactive ketones (excluding diaryl/α,β-unsaturated/α-hetero) is 1. The number of cyclic esters (lactones) is 1. The lowest BCUT2D eigenvalue weighted by molar-refractivity contribution is -0.302. The first-order chi connectivity index (χ1) is 32.3. The van der Waals surface area contributed by atoms with E-state index in [9.17, 15) is 19.5 Å². The van der Waals surface area contributed by atoms with Crippen LogP contribution in [0.2, 0.25) is 0 Å². The van der Waals surface area contributed by atoms with Gasteiger partial charge < -0.3 is 47.4 Å². The number of aryl methyl sites for hydroxylation is 1. The number of carbonyl (C=O) groups excluding carboxylic acids is 4. The maximum atomic E-state index is 15.1. The average molecular weight is 948 g/mol. The normalized spacial score (nSPS) is 33.9. The van der Waals surface area contributed by atoms with Crippen molar-refractivity contribution < 1.29 is 57.1 Å². The van der Waals surface area contributed by atoms with E-state index < -0.39 is 89.7 Å². The van der Waals surface area contributed by atoms with E-state index in [0.29, 0.717) is 37.9 Å². The molecule has 3 aliphatic heterocycles. The molecule has 0 aromatic carbocycles. The number of pyridine rings is 1. The molecule has 6 rings (SSSR count). The van der Waals surface area contributed by atoms with Crippen LogP contribution in [0.1, 0.15) is 93.1 Å². The number of aliphatic hydroxyl groups is 1. The Morgan fingerprint density at radius 3 is 2.50 bits per heavy atom. The number of likely N-dealkylation sites (N-methyl/N-ethyl adjacent to an activating group) is 1. The lowest BCUT2D eigenvalue weighted by Crippen LogP contribution is -2.61. The number of ether oxygens (including phenoxy) is 6. The van der Waals surface area contributed by atoms with Crippen molar-refractivity contribution in [2.75, 3.05) is 27.2 Å². The number of esters is 2. The Balaban J connectivity index is 1.35. The standard InChI is InChI=1S/C51H73N5O12/c1-12-20-54(10)39-24-32(4)64-48(43(39)59)67-46-34(6)44(66-41(57)25-36-17-16-19-52-27-36)35(7)47(60)65-40(13-2)51(9)45(33(5)42(58)31(3)26-50(46,8)62-11)56(49(61)68-51)22-15-14-21-55-28-38(53-30-55)37-18-23-63-29-37/h12,16-19,23,27-35,39-40,43-46,48,59H,1,13-15,20-22,24-26H2,2-11H3/t31-,32+,33+,34+,35-,39-,40-,43+,44+,45-,46-,48-,50-,51-/m1/s1. The summed E-state index contributed by atoms with van der Waals surface area (Å²) < 4.78 is 45.9. The monoisotopic (exact) mass is 948 g/mol. The molecule has 0 unspecified atom stereocenters. The molecule has 68 heavy (non-hydrogen) atoms. The molecule has 17 heteroatoms. The third-order valence-electron chi connectivity index (χ3n) is 14.5. The molecule has 3 aromatic heterocycles. The molecule has 17 nitrogen and oxygen atoms in total. The third kappa shape index (κ3) is 11.6. The van der Waals surface area contributed by atoms with E-state index in [4.69, 9.17) is 32.8 Å². The first-order valence-electron chi connectivity index (χ1n) is 24.1. The van der Waals surface area contributed by atoms with Gasteiger partial charge in [0.2, 0.25) is 0 Å². The van der Waals surface area contributed by atoms with Crippen molar-refractivity contribution in [3.05, 3.63) is 73.9 Å². The van der Waals surface area contributed by atoms with Crippen LogP contribution >= 0.6 is 0 Å². The molecule has 0 aliphatic carbocycles. The van der Waals surface area contributed by atoms with Crippen molar-refractivity contribution in [2.45, 2.75) is 161 Å². The molecule has 3 aromatic rings. The first kappa shape index (κ1) is 52.4. The number of methoxy groups -OCH3 is 1. The minimum Gasteiger partial charge on any atom is -0.472 e. The van der Waals surface area contributed by atoms with Crippen molar-refractivity contribution in [1.29, 1.82) is 0 Å². The van der Waals surface area contributed by atoms with Crippen molar-refractivity contribution in [3.8, 4) is 11.3 Å². The molecular formula is C51H73N5O12. The summed E-state index contributed by atoms with van der Waals surface area (Å²) in [4.78, 5) is 70.1. The number of furan rings is 1. The lowest BCUT2D eigenvalue weighted by atomic mass is 9.73. The zero-order chi connectivity index (χ0) is 49.5. The summed E-state index contributed by atoms with van der Waals surface area (Å²) in [5.41, 5.74) is -0.491. The molecule has 0 saturated carbocycles. The van der Waals surface area contributed by atoms with Gasteiger partial charge in [0, 0.05) is 74.7 Å². The van der Waals surface area contributed by atoms with E-state index in [1.807, 2.05) is 56.5 Å². The van der Waals surface area contributed by atoms with Crippen LogP contribution in [0, 0.1) is 23.7 Å². The highest BCUT2D eigenvalue weighted by Crippen LogP contribution is 2.44. The fraction of sp³-hybridized carbons (Fsp3) is 0.647. The summed E-state index contributed by atoms with van der Waals surface area (Å²) in [6.07, 6.45) is 7.41. The van der Waals surface area contributed by atoms with Gasteiger partial charge in [0.05, 0.1) is 60.7 Å². The number of aliphatic hydroxyl groups excluding tert-OH is 1. The number of hydrogen-bond donors (Lipinski definition) is 1. The summed E-state index contributed by atoms with van der Waals surface area (Å²) >= 11 is 0. The van der Waals surface area contributed by atoms with Gasteiger partial charge in [0.25, 0.3) is 0 Å². The largest absolute Gasteiger partial charge is 0.472 e. The van der Waals surface area contributed by atoms with Crippen LogP contribution in [0.25, 0.3) is 11.3 Å². The molecule has 6 heterocycles. The molecular weight excluding hydrogens is 875 g/mol. The molecule has 374 valence electrons. The second-order valence-electron chi connectivity index (χ2n) is 19.6. The number of ketones is 1. The second kappa shape index (κ2) is 22.7. The van der Waals surface area contributed by atoms with Gasteiger partial charge in [-0.05, 0) is 84.5 Å². The molecule has 0 radical (unpaired) electrons. The molecule has 3 aliphatic rings. The van der Waals surface area contributed by atoms with Crippen molar-refractivity contribution in [1.82, 2.24) is 24.3 Å². The quantitative estimate of drug-likeness (QED) is 0.0693. The number of carbonyl (C=O) groups is 4. The summed E-state index contributed by atoms with van der Waals surface area (Å²) in [6, 6.07) is 4.13. The molecule has 14 atom stereocenters. The van der Waals surface area contributed by atoms with Gasteiger partial charge in [0.1, 0.15) is 24.1 Å². The van der Waals surface area contributed by atoms with Crippen LogP contribution < -0.4 is 0 Å². The number of aromatic nitrogens is 3. The Bertz CT molecular complexity index is 2150. The highest BCUT2D eigenvalue weighted by Gasteiger charge is 2.60. The van der Waals surface area contributed by atoms with Gasteiger partial charge in [-0.3, -0.25) is 24.3 Å². The third-order valence-corrected chi connectivity index (χ3v) is 14.5. The molecule has 0 spiro atoms. The van der Waals surface area contributed by atoms with Crippen LogP contribution in [0.5, 0.6) is 0 Å². The van der Waals surface area contributed by atoms with Crippen LogP contribution in [-0.4, -0.2) is 141 Å². The first-order valence-corrected chi connectivity index (χ1v) is 24.1. The van der Waals surface area contributed by atoms with E-state index in [2.05, 4.69) is 16.5 Å². The Kier molecular flexibility index (Phi) is 17.5. The highest BCUT2D eigenvalue weighted by molar-refractivity contribution is 5.85. The van der Waals surface area contributed by atoms with Gasteiger partial charge in [-0.15, -0.1) is 6.58 Å². The molecule has 1 N–H and O–H groups in total. The summed E-state index contributed by atoms with van der Waals surface area (Å²) in [5, 5.41) is 11.9. The number of fused-ring (bicyclic) bond motifs is 1. The van der Waals surface area contributed by atoms with E-state index >= 15 is 4.79 Å². The summed E-state index contributed by atoms with van der Waals surface area (Å²) in [5.74, 6) is -4.89. The average Bonchev–Trinajstić information content (AvgIpc) is 4.08. The van der Waals surface area contributed by atoms with E-state index in [0.717, 1.165) is 11.3 Å². The zero-order valence-corrected chi connectivity index (χ0v) is 41.4. The minimum absolute atomic E-state index is 0.107. The number of amides is 1. The smallest absolute Gasteiger partial charge is 0.410 e. The Labute approximate surface area is 400 Å². The van der Waals surface area contributed by atoms with Crippen molar-refractivity contribution in [2.24, 2.45) is 23.7 Å². The van der Waals surface area contributed by atoms with Gasteiger partial charge >= 0.3 is 18.0 Å². The summed E-state index contributed by atoms with van der Waals surface area (Å²) in [6.45, 7) is 19.6. The molecule has 3 saturated heterocycles.